The molecule has 5 nitrogen and oxygen atoms in total. The summed E-state index contributed by atoms with van der Waals surface area (Å²) in [6.45, 7) is 2.52. The van der Waals surface area contributed by atoms with Crippen molar-refractivity contribution in [2.75, 3.05) is 24.5 Å². The van der Waals surface area contributed by atoms with Crippen LogP contribution < -0.4 is 4.90 Å². The van der Waals surface area contributed by atoms with Crippen LogP contribution in [0.3, 0.4) is 0 Å². The van der Waals surface area contributed by atoms with Crippen LogP contribution in [0.15, 0.2) is 24.3 Å². The summed E-state index contributed by atoms with van der Waals surface area (Å²) in [7, 11) is 0. The quantitative estimate of drug-likeness (QED) is 0.760. The van der Waals surface area contributed by atoms with E-state index in [1.807, 2.05) is 37.3 Å². The average Bonchev–Trinajstić information content (AvgIpc) is 2.37. The highest BCUT2D eigenvalue weighted by atomic mass is 16.2. The molecule has 0 radical (unpaired) electrons. The van der Waals surface area contributed by atoms with Crippen molar-refractivity contribution in [3.63, 3.8) is 0 Å². The van der Waals surface area contributed by atoms with Gasteiger partial charge in [-0.05, 0) is 24.6 Å². The van der Waals surface area contributed by atoms with E-state index in [1.54, 1.807) is 4.90 Å². The SMILES string of the molecule is Cc1cccc(N2CC(=O)N(CCC#N)C(=O)C2)c1. The van der Waals surface area contributed by atoms with Crippen molar-refractivity contribution in [3.05, 3.63) is 29.8 Å². The molecule has 0 atom stereocenters. The monoisotopic (exact) mass is 257 g/mol. The third-order valence-electron chi connectivity index (χ3n) is 3.07. The normalized spacial score (nSPS) is 15.6. The van der Waals surface area contributed by atoms with E-state index in [2.05, 4.69) is 0 Å². The number of hydrogen-bond acceptors (Lipinski definition) is 4. The number of hydrogen-bond donors (Lipinski definition) is 0. The number of carbonyl (C=O) groups excluding carboxylic acids is 2. The molecule has 1 fully saturated rings. The maximum absolute atomic E-state index is 11.9. The molecule has 0 bridgehead atoms. The van der Waals surface area contributed by atoms with E-state index in [-0.39, 0.29) is 37.9 Å². The first-order chi connectivity index (χ1) is 9.11. The third-order valence-corrected chi connectivity index (χ3v) is 3.07. The van der Waals surface area contributed by atoms with E-state index in [9.17, 15) is 9.59 Å². The standard InChI is InChI=1S/C14H15N3O2/c1-11-4-2-5-12(8-11)16-9-13(18)17(7-3-6-15)14(19)10-16/h2,4-5,8H,3,7,9-10H2,1H3. The van der Waals surface area contributed by atoms with Crippen LogP contribution in [0.2, 0.25) is 0 Å². The van der Waals surface area contributed by atoms with Gasteiger partial charge >= 0.3 is 0 Å². The van der Waals surface area contributed by atoms with Crippen LogP contribution in [0.5, 0.6) is 0 Å². The van der Waals surface area contributed by atoms with Gasteiger partial charge in [0.15, 0.2) is 0 Å². The maximum Gasteiger partial charge on any atom is 0.248 e. The van der Waals surface area contributed by atoms with Crippen LogP contribution in [0.1, 0.15) is 12.0 Å². The molecular formula is C14H15N3O2. The number of anilines is 1. The lowest BCUT2D eigenvalue weighted by molar-refractivity contribution is -0.145. The molecule has 19 heavy (non-hydrogen) atoms. The number of piperazine rings is 1. The molecule has 2 amide bonds. The van der Waals surface area contributed by atoms with Crippen molar-refractivity contribution >= 4 is 17.5 Å². The Kier molecular flexibility index (Phi) is 3.81. The Hall–Kier alpha value is -2.35. The van der Waals surface area contributed by atoms with Gasteiger partial charge in [-0.15, -0.1) is 0 Å². The van der Waals surface area contributed by atoms with Gasteiger partial charge in [-0.1, -0.05) is 12.1 Å². The number of nitriles is 1. The van der Waals surface area contributed by atoms with Crippen LogP contribution in [0.4, 0.5) is 5.69 Å². The molecule has 1 aliphatic heterocycles. The summed E-state index contributed by atoms with van der Waals surface area (Å²) in [5.41, 5.74) is 1.96. The number of imide groups is 1. The maximum atomic E-state index is 11.9. The van der Waals surface area contributed by atoms with Crippen molar-refractivity contribution in [1.29, 1.82) is 5.26 Å². The van der Waals surface area contributed by atoms with Crippen LogP contribution in [-0.2, 0) is 9.59 Å². The minimum atomic E-state index is -0.243. The van der Waals surface area contributed by atoms with Crippen molar-refractivity contribution in [1.82, 2.24) is 4.90 Å². The van der Waals surface area contributed by atoms with E-state index >= 15 is 0 Å². The van der Waals surface area contributed by atoms with Crippen molar-refractivity contribution < 1.29 is 9.59 Å². The van der Waals surface area contributed by atoms with E-state index in [0.717, 1.165) is 11.3 Å². The van der Waals surface area contributed by atoms with Gasteiger partial charge in [0.05, 0.1) is 25.6 Å². The number of rotatable bonds is 3. The predicted molar refractivity (Wildman–Crippen MR) is 70.3 cm³/mol. The lowest BCUT2D eigenvalue weighted by atomic mass is 10.2. The van der Waals surface area contributed by atoms with E-state index in [0.29, 0.717) is 0 Å². The number of nitrogens with zero attached hydrogens (tertiary/aromatic N) is 3. The highest BCUT2D eigenvalue weighted by Crippen LogP contribution is 2.18. The topological polar surface area (TPSA) is 64.4 Å². The summed E-state index contributed by atoms with van der Waals surface area (Å²) in [5, 5.41) is 8.52. The lowest BCUT2D eigenvalue weighted by Crippen LogP contribution is -2.54. The van der Waals surface area contributed by atoms with E-state index in [4.69, 9.17) is 5.26 Å². The molecule has 0 aliphatic carbocycles. The molecule has 0 N–H and O–H groups in total. The number of amides is 2. The van der Waals surface area contributed by atoms with Gasteiger partial charge in [0.2, 0.25) is 11.8 Å². The Bertz CT molecular complexity index is 530. The Balaban J connectivity index is 2.11. The van der Waals surface area contributed by atoms with Gasteiger partial charge in [0, 0.05) is 12.2 Å². The second kappa shape index (κ2) is 5.53. The van der Waals surface area contributed by atoms with Crippen LogP contribution in [-0.4, -0.2) is 36.3 Å². The molecule has 0 unspecified atom stereocenters. The van der Waals surface area contributed by atoms with Gasteiger partial charge < -0.3 is 4.90 Å². The zero-order chi connectivity index (χ0) is 13.8. The van der Waals surface area contributed by atoms with E-state index < -0.39 is 0 Å². The predicted octanol–water partition coefficient (Wildman–Crippen LogP) is 1.08. The third kappa shape index (κ3) is 2.91. The Morgan fingerprint density at radius 3 is 2.53 bits per heavy atom. The molecule has 1 saturated heterocycles. The van der Waals surface area contributed by atoms with Crippen molar-refractivity contribution in [3.8, 4) is 6.07 Å². The van der Waals surface area contributed by atoms with Crippen LogP contribution in [0, 0.1) is 18.3 Å². The Morgan fingerprint density at radius 1 is 1.26 bits per heavy atom. The largest absolute Gasteiger partial charge is 0.353 e. The molecule has 1 heterocycles. The van der Waals surface area contributed by atoms with E-state index in [1.165, 1.54) is 4.90 Å². The summed E-state index contributed by atoms with van der Waals surface area (Å²) in [5.74, 6) is -0.485. The number of benzene rings is 1. The minimum Gasteiger partial charge on any atom is -0.353 e. The van der Waals surface area contributed by atoms with Gasteiger partial charge in [0.25, 0.3) is 0 Å². The van der Waals surface area contributed by atoms with Gasteiger partial charge in [0.1, 0.15) is 0 Å². The minimum absolute atomic E-state index is 0.181. The highest BCUT2D eigenvalue weighted by molar-refractivity contribution is 6.02. The lowest BCUT2D eigenvalue weighted by Gasteiger charge is -2.33. The summed E-state index contributed by atoms with van der Waals surface area (Å²) in [6, 6.07) is 9.66. The first kappa shape index (κ1) is 13.1. The first-order valence-corrected chi connectivity index (χ1v) is 6.13. The highest BCUT2D eigenvalue weighted by Gasteiger charge is 2.30. The molecule has 98 valence electrons. The second-order valence-corrected chi connectivity index (χ2v) is 4.54. The molecule has 1 aromatic carbocycles. The molecule has 2 rings (SSSR count). The summed E-state index contributed by atoms with van der Waals surface area (Å²) in [4.78, 5) is 26.8. The molecule has 0 saturated carbocycles. The molecule has 0 aromatic heterocycles. The summed E-state index contributed by atoms with van der Waals surface area (Å²) < 4.78 is 0. The summed E-state index contributed by atoms with van der Waals surface area (Å²) >= 11 is 0. The van der Waals surface area contributed by atoms with Gasteiger partial charge in [-0.2, -0.15) is 5.26 Å². The zero-order valence-corrected chi connectivity index (χ0v) is 10.8. The van der Waals surface area contributed by atoms with Crippen molar-refractivity contribution in [2.45, 2.75) is 13.3 Å². The fourth-order valence-electron chi connectivity index (χ4n) is 2.11. The fraction of sp³-hybridized carbons (Fsp3) is 0.357. The molecule has 5 heteroatoms. The molecule has 1 aliphatic rings. The van der Waals surface area contributed by atoms with Crippen LogP contribution >= 0.6 is 0 Å². The molecule has 1 aromatic rings. The zero-order valence-electron chi connectivity index (χ0n) is 10.8. The Labute approximate surface area is 112 Å². The van der Waals surface area contributed by atoms with Gasteiger partial charge in [-0.25, -0.2) is 0 Å². The molecular weight excluding hydrogens is 242 g/mol. The second-order valence-electron chi connectivity index (χ2n) is 4.54. The number of carbonyl (C=O) groups is 2. The average molecular weight is 257 g/mol. The van der Waals surface area contributed by atoms with Crippen molar-refractivity contribution in [2.24, 2.45) is 0 Å². The van der Waals surface area contributed by atoms with Gasteiger partial charge in [-0.3, -0.25) is 14.5 Å². The summed E-state index contributed by atoms with van der Waals surface area (Å²) in [6.07, 6.45) is 0.182. The van der Waals surface area contributed by atoms with Crippen LogP contribution in [0.25, 0.3) is 0 Å². The molecule has 0 spiro atoms. The smallest absolute Gasteiger partial charge is 0.248 e. The number of aryl methyl sites for hydroxylation is 1. The fourth-order valence-corrected chi connectivity index (χ4v) is 2.11. The Morgan fingerprint density at radius 2 is 1.95 bits per heavy atom. The first-order valence-electron chi connectivity index (χ1n) is 6.13.